The van der Waals surface area contributed by atoms with Gasteiger partial charge in [-0.25, -0.2) is 0 Å². The van der Waals surface area contributed by atoms with Gasteiger partial charge in [-0.15, -0.1) is 0 Å². The third-order valence-corrected chi connectivity index (χ3v) is 3.91. The first-order valence-electron chi connectivity index (χ1n) is 6.86. The SMILES string of the molecule is O=C(O)C1(c2cccc(OCc3ccccc3)c2O)CC1. The Bertz CT molecular complexity index is 660. The molecule has 108 valence electrons. The van der Waals surface area contributed by atoms with E-state index in [4.69, 9.17) is 4.74 Å². The van der Waals surface area contributed by atoms with Crippen LogP contribution < -0.4 is 4.74 Å². The van der Waals surface area contributed by atoms with Crippen LogP contribution in [-0.2, 0) is 16.8 Å². The van der Waals surface area contributed by atoms with Gasteiger partial charge in [0.1, 0.15) is 6.61 Å². The molecule has 21 heavy (non-hydrogen) atoms. The molecule has 0 radical (unpaired) electrons. The maximum Gasteiger partial charge on any atom is 0.314 e. The Hall–Kier alpha value is -2.49. The monoisotopic (exact) mass is 284 g/mol. The quantitative estimate of drug-likeness (QED) is 0.885. The van der Waals surface area contributed by atoms with Gasteiger partial charge in [0.25, 0.3) is 0 Å². The number of hydrogen-bond acceptors (Lipinski definition) is 3. The number of benzene rings is 2. The van der Waals surface area contributed by atoms with E-state index in [0.29, 0.717) is 30.8 Å². The van der Waals surface area contributed by atoms with Crippen molar-refractivity contribution >= 4 is 5.97 Å². The van der Waals surface area contributed by atoms with E-state index in [1.54, 1.807) is 18.2 Å². The number of hydrogen-bond donors (Lipinski definition) is 2. The Morgan fingerprint density at radius 2 is 1.81 bits per heavy atom. The number of carboxylic acids is 1. The van der Waals surface area contributed by atoms with E-state index in [2.05, 4.69) is 0 Å². The van der Waals surface area contributed by atoms with E-state index in [9.17, 15) is 15.0 Å². The highest BCUT2D eigenvalue weighted by Gasteiger charge is 2.53. The molecule has 2 aromatic carbocycles. The molecule has 0 aromatic heterocycles. The van der Waals surface area contributed by atoms with Crippen LogP contribution in [0.25, 0.3) is 0 Å². The van der Waals surface area contributed by atoms with Gasteiger partial charge >= 0.3 is 5.97 Å². The van der Waals surface area contributed by atoms with Crippen LogP contribution in [0.5, 0.6) is 11.5 Å². The number of rotatable bonds is 5. The van der Waals surface area contributed by atoms with Crippen LogP contribution >= 0.6 is 0 Å². The zero-order valence-electron chi connectivity index (χ0n) is 11.5. The lowest BCUT2D eigenvalue weighted by Gasteiger charge is -2.15. The van der Waals surface area contributed by atoms with Gasteiger partial charge in [0.05, 0.1) is 5.41 Å². The molecule has 3 rings (SSSR count). The largest absolute Gasteiger partial charge is 0.504 e. The first-order valence-corrected chi connectivity index (χ1v) is 6.86. The summed E-state index contributed by atoms with van der Waals surface area (Å²) in [7, 11) is 0. The lowest BCUT2D eigenvalue weighted by molar-refractivity contribution is -0.140. The minimum atomic E-state index is -0.934. The molecule has 2 aromatic rings. The van der Waals surface area contributed by atoms with E-state index in [-0.39, 0.29) is 5.75 Å². The second-order valence-corrected chi connectivity index (χ2v) is 5.31. The van der Waals surface area contributed by atoms with Crippen LogP contribution in [0.2, 0.25) is 0 Å². The van der Waals surface area contributed by atoms with E-state index in [1.165, 1.54) is 0 Å². The molecule has 1 fully saturated rings. The van der Waals surface area contributed by atoms with Gasteiger partial charge in [0, 0.05) is 5.56 Å². The third-order valence-electron chi connectivity index (χ3n) is 3.91. The number of carboxylic acid groups (broad SMARTS) is 1. The summed E-state index contributed by atoms with van der Waals surface area (Å²) in [5, 5.41) is 19.6. The molecule has 0 saturated heterocycles. The zero-order chi connectivity index (χ0) is 14.9. The van der Waals surface area contributed by atoms with Gasteiger partial charge in [-0.1, -0.05) is 42.5 Å². The van der Waals surface area contributed by atoms with E-state index < -0.39 is 11.4 Å². The highest BCUT2D eigenvalue weighted by molar-refractivity contribution is 5.86. The maximum absolute atomic E-state index is 11.4. The van der Waals surface area contributed by atoms with Crippen LogP contribution in [0.1, 0.15) is 24.0 Å². The molecule has 1 aliphatic rings. The van der Waals surface area contributed by atoms with Crippen LogP contribution in [0.4, 0.5) is 0 Å². The fourth-order valence-electron chi connectivity index (χ4n) is 2.48. The smallest absolute Gasteiger partial charge is 0.314 e. The molecule has 0 heterocycles. The average Bonchev–Trinajstić information content (AvgIpc) is 3.29. The van der Waals surface area contributed by atoms with Crippen molar-refractivity contribution in [2.45, 2.75) is 24.9 Å². The van der Waals surface area contributed by atoms with Crippen molar-refractivity contribution < 1.29 is 19.7 Å². The lowest BCUT2D eigenvalue weighted by atomic mass is 9.95. The Morgan fingerprint density at radius 1 is 1.10 bits per heavy atom. The number of para-hydroxylation sites is 1. The average molecular weight is 284 g/mol. The van der Waals surface area contributed by atoms with Crippen LogP contribution in [0.15, 0.2) is 48.5 Å². The number of aliphatic carboxylic acids is 1. The molecule has 0 atom stereocenters. The van der Waals surface area contributed by atoms with E-state index in [0.717, 1.165) is 5.56 Å². The normalized spacial score (nSPS) is 15.4. The highest BCUT2D eigenvalue weighted by atomic mass is 16.5. The molecular formula is C17H16O4. The first-order chi connectivity index (χ1) is 10.1. The molecule has 0 aliphatic heterocycles. The minimum absolute atomic E-state index is 0.0617. The maximum atomic E-state index is 11.4. The number of carbonyl (C=O) groups is 1. The number of aromatic hydroxyl groups is 1. The lowest BCUT2D eigenvalue weighted by Crippen LogP contribution is -2.19. The Balaban J connectivity index is 1.83. The predicted molar refractivity (Wildman–Crippen MR) is 77.4 cm³/mol. The van der Waals surface area contributed by atoms with Crippen LogP contribution in [-0.4, -0.2) is 16.2 Å². The van der Waals surface area contributed by atoms with Gasteiger partial charge in [-0.3, -0.25) is 4.79 Å². The summed E-state index contributed by atoms with van der Waals surface area (Å²) in [6, 6.07) is 14.6. The Kier molecular flexibility index (Phi) is 3.29. The summed E-state index contributed by atoms with van der Waals surface area (Å²) in [5.41, 5.74) is 0.498. The molecule has 1 aliphatic carbocycles. The van der Waals surface area contributed by atoms with Gasteiger partial charge in [-0.2, -0.15) is 0 Å². The minimum Gasteiger partial charge on any atom is -0.504 e. The van der Waals surface area contributed by atoms with Crippen molar-refractivity contribution in [2.24, 2.45) is 0 Å². The molecule has 4 nitrogen and oxygen atoms in total. The highest BCUT2D eigenvalue weighted by Crippen LogP contribution is 2.53. The predicted octanol–water partition coefficient (Wildman–Crippen LogP) is 3.09. The molecule has 0 bridgehead atoms. The second-order valence-electron chi connectivity index (χ2n) is 5.31. The molecule has 0 unspecified atom stereocenters. The van der Waals surface area contributed by atoms with Gasteiger partial charge in [0.15, 0.2) is 11.5 Å². The molecule has 4 heteroatoms. The Morgan fingerprint density at radius 3 is 2.43 bits per heavy atom. The summed E-state index contributed by atoms with van der Waals surface area (Å²) in [4.78, 5) is 11.4. The molecule has 2 N–H and O–H groups in total. The van der Waals surface area contributed by atoms with Crippen LogP contribution in [0.3, 0.4) is 0 Å². The standard InChI is InChI=1S/C17H16O4/c18-15-13(17(9-10-17)16(19)20)7-4-8-14(15)21-11-12-5-2-1-3-6-12/h1-8,18H,9-11H2,(H,19,20). The van der Waals surface area contributed by atoms with Gasteiger partial charge in [-0.05, 0) is 24.5 Å². The molecule has 1 saturated carbocycles. The number of ether oxygens (including phenoxy) is 1. The molecule has 0 spiro atoms. The van der Waals surface area contributed by atoms with Crippen LogP contribution in [0, 0.1) is 0 Å². The fourth-order valence-corrected chi connectivity index (χ4v) is 2.48. The van der Waals surface area contributed by atoms with E-state index >= 15 is 0 Å². The molecular weight excluding hydrogens is 268 g/mol. The topological polar surface area (TPSA) is 66.8 Å². The summed E-state index contributed by atoms with van der Waals surface area (Å²) < 4.78 is 5.62. The number of phenolic OH excluding ortho intramolecular Hbond substituents is 1. The van der Waals surface area contributed by atoms with Crippen molar-refractivity contribution in [1.29, 1.82) is 0 Å². The van der Waals surface area contributed by atoms with Crippen molar-refractivity contribution in [2.75, 3.05) is 0 Å². The second kappa shape index (κ2) is 5.13. The van der Waals surface area contributed by atoms with Crippen molar-refractivity contribution in [3.63, 3.8) is 0 Å². The van der Waals surface area contributed by atoms with Crippen molar-refractivity contribution in [1.82, 2.24) is 0 Å². The van der Waals surface area contributed by atoms with Crippen molar-refractivity contribution in [3.8, 4) is 11.5 Å². The summed E-state index contributed by atoms with van der Waals surface area (Å²) in [6.07, 6.45) is 1.11. The van der Waals surface area contributed by atoms with E-state index in [1.807, 2.05) is 30.3 Å². The summed E-state index contributed by atoms with van der Waals surface area (Å²) in [5.74, 6) is -0.629. The van der Waals surface area contributed by atoms with Gasteiger partial charge < -0.3 is 14.9 Å². The Labute approximate surface area is 122 Å². The first kappa shape index (κ1) is 13.5. The van der Waals surface area contributed by atoms with Crippen molar-refractivity contribution in [3.05, 3.63) is 59.7 Å². The van der Waals surface area contributed by atoms with Gasteiger partial charge in [0.2, 0.25) is 0 Å². The summed E-state index contributed by atoms with van der Waals surface area (Å²) >= 11 is 0. The molecule has 0 amide bonds. The zero-order valence-corrected chi connectivity index (χ0v) is 11.5. The third kappa shape index (κ3) is 2.44. The summed E-state index contributed by atoms with van der Waals surface area (Å²) in [6.45, 7) is 0.331. The number of phenols is 1. The fraction of sp³-hybridized carbons (Fsp3) is 0.235.